The van der Waals surface area contributed by atoms with Gasteiger partial charge in [-0.1, -0.05) is 6.92 Å². The molecule has 2 rings (SSSR count). The maximum absolute atomic E-state index is 5.60. The minimum atomic E-state index is 0.340. The van der Waals surface area contributed by atoms with Crippen molar-refractivity contribution in [1.82, 2.24) is 15.2 Å². The van der Waals surface area contributed by atoms with Crippen LogP contribution < -0.4 is 11.1 Å². The van der Waals surface area contributed by atoms with Crippen LogP contribution in [0.15, 0.2) is 0 Å². The number of nitrogens with two attached hydrogens (primary N) is 1. The number of hydrogen-bond acceptors (Lipinski definition) is 5. The Morgan fingerprint density at radius 2 is 2.53 bits per heavy atom. The second kappa shape index (κ2) is 4.48. The molecule has 2 atom stereocenters. The molecule has 0 amide bonds. The van der Waals surface area contributed by atoms with Crippen molar-refractivity contribution < 1.29 is 4.74 Å². The number of nitrogens with one attached hydrogen (secondary N) is 2. The van der Waals surface area contributed by atoms with Gasteiger partial charge < -0.3 is 15.8 Å². The highest BCUT2D eigenvalue weighted by atomic mass is 16.5. The van der Waals surface area contributed by atoms with Crippen molar-refractivity contribution in [3.8, 4) is 0 Å². The predicted molar refractivity (Wildman–Crippen MR) is 57.4 cm³/mol. The molecular weight excluding hydrogens is 194 g/mol. The first-order valence-corrected chi connectivity index (χ1v) is 5.33. The maximum atomic E-state index is 5.60. The summed E-state index contributed by atoms with van der Waals surface area (Å²) in [6.07, 6.45) is 2.53. The fourth-order valence-corrected chi connectivity index (χ4v) is 1.95. The van der Waals surface area contributed by atoms with E-state index in [1.54, 1.807) is 0 Å². The van der Waals surface area contributed by atoms with Crippen molar-refractivity contribution >= 4 is 11.9 Å². The van der Waals surface area contributed by atoms with Crippen molar-refractivity contribution in [2.24, 2.45) is 5.92 Å². The summed E-state index contributed by atoms with van der Waals surface area (Å²) in [6.45, 7) is 3.85. The van der Waals surface area contributed by atoms with Crippen LogP contribution in [-0.4, -0.2) is 34.4 Å². The molecule has 1 aromatic heterocycles. The summed E-state index contributed by atoms with van der Waals surface area (Å²) >= 11 is 0. The molecule has 0 spiro atoms. The number of aromatic amines is 1. The monoisotopic (exact) mass is 211 g/mol. The molecule has 1 aromatic rings. The first kappa shape index (κ1) is 10.2. The van der Waals surface area contributed by atoms with E-state index in [9.17, 15) is 0 Å². The predicted octanol–water partition coefficient (Wildman–Crippen LogP) is 0.614. The lowest BCUT2D eigenvalue weighted by Crippen LogP contribution is -2.23. The number of H-pyrrole nitrogens is 1. The highest BCUT2D eigenvalue weighted by Gasteiger charge is 2.26. The summed E-state index contributed by atoms with van der Waals surface area (Å²) in [5.74, 6) is 1.45. The largest absolute Gasteiger partial charge is 0.378 e. The summed E-state index contributed by atoms with van der Waals surface area (Å²) in [7, 11) is 0. The van der Waals surface area contributed by atoms with Gasteiger partial charge in [-0.05, 0) is 12.8 Å². The van der Waals surface area contributed by atoms with Crippen molar-refractivity contribution in [1.29, 1.82) is 0 Å². The van der Waals surface area contributed by atoms with E-state index in [0.29, 0.717) is 23.9 Å². The topological polar surface area (TPSA) is 88.8 Å². The smallest absolute Gasteiger partial charge is 0.243 e. The Bertz CT molecular complexity index is 313. The molecule has 1 saturated heterocycles. The van der Waals surface area contributed by atoms with E-state index in [1.165, 1.54) is 0 Å². The number of hydrogen-bond donors (Lipinski definition) is 3. The van der Waals surface area contributed by atoms with Gasteiger partial charge in [0.25, 0.3) is 0 Å². The Kier molecular flexibility index (Phi) is 3.05. The van der Waals surface area contributed by atoms with Crippen LogP contribution in [0.2, 0.25) is 0 Å². The Balaban J connectivity index is 1.82. The van der Waals surface area contributed by atoms with Crippen molar-refractivity contribution in [3.63, 3.8) is 0 Å². The zero-order chi connectivity index (χ0) is 10.7. The Hall–Kier alpha value is -1.30. The fourth-order valence-electron chi connectivity index (χ4n) is 1.95. The molecule has 0 bridgehead atoms. The van der Waals surface area contributed by atoms with Crippen LogP contribution in [0.4, 0.5) is 11.9 Å². The average molecular weight is 211 g/mol. The SMILES string of the molecule is CCC1OCCC1CNc1n[nH]c(N)n1. The summed E-state index contributed by atoms with van der Waals surface area (Å²) in [5, 5.41) is 9.66. The molecule has 0 aromatic carbocycles. The van der Waals surface area contributed by atoms with Gasteiger partial charge in [0.2, 0.25) is 11.9 Å². The third-order valence-corrected chi connectivity index (χ3v) is 2.77. The minimum Gasteiger partial charge on any atom is -0.378 e. The third kappa shape index (κ3) is 2.38. The average Bonchev–Trinajstić information content (AvgIpc) is 2.83. The molecular formula is C9H17N5O. The van der Waals surface area contributed by atoms with Crippen molar-refractivity contribution in [3.05, 3.63) is 0 Å². The Labute approximate surface area is 88.6 Å². The van der Waals surface area contributed by atoms with Gasteiger partial charge in [-0.3, -0.25) is 0 Å². The molecule has 84 valence electrons. The maximum Gasteiger partial charge on any atom is 0.243 e. The first-order chi connectivity index (χ1) is 7.29. The van der Waals surface area contributed by atoms with Gasteiger partial charge in [-0.2, -0.15) is 4.98 Å². The normalized spacial score (nSPS) is 25.7. The zero-order valence-corrected chi connectivity index (χ0v) is 8.86. The van der Waals surface area contributed by atoms with Gasteiger partial charge in [0.15, 0.2) is 0 Å². The number of nitrogens with zero attached hydrogens (tertiary/aromatic N) is 2. The Morgan fingerprint density at radius 1 is 1.67 bits per heavy atom. The van der Waals surface area contributed by atoms with E-state index < -0.39 is 0 Å². The van der Waals surface area contributed by atoms with Crippen molar-refractivity contribution in [2.75, 3.05) is 24.2 Å². The lowest BCUT2D eigenvalue weighted by Gasteiger charge is -2.16. The van der Waals surface area contributed by atoms with Gasteiger partial charge >= 0.3 is 0 Å². The van der Waals surface area contributed by atoms with Crippen LogP contribution in [0.25, 0.3) is 0 Å². The lowest BCUT2D eigenvalue weighted by atomic mass is 10.00. The van der Waals surface area contributed by atoms with Crippen LogP contribution >= 0.6 is 0 Å². The number of nitrogen functional groups attached to an aromatic ring is 1. The molecule has 2 heterocycles. The standard InChI is InChI=1S/C9H17N5O/c1-2-7-6(3-4-15-7)5-11-9-12-8(10)13-14-9/h6-7H,2-5H2,1H3,(H4,10,11,12,13,14). The van der Waals surface area contributed by atoms with Gasteiger partial charge in [-0.25, -0.2) is 5.10 Å². The highest BCUT2D eigenvalue weighted by Crippen LogP contribution is 2.23. The molecule has 0 radical (unpaired) electrons. The van der Waals surface area contributed by atoms with E-state index in [-0.39, 0.29) is 0 Å². The van der Waals surface area contributed by atoms with E-state index in [1.807, 2.05) is 0 Å². The molecule has 1 aliphatic heterocycles. The van der Waals surface area contributed by atoms with Crippen molar-refractivity contribution in [2.45, 2.75) is 25.9 Å². The summed E-state index contributed by atoms with van der Waals surface area (Å²) in [4.78, 5) is 3.98. The summed E-state index contributed by atoms with van der Waals surface area (Å²) in [5.41, 5.74) is 5.42. The fraction of sp³-hybridized carbons (Fsp3) is 0.778. The van der Waals surface area contributed by atoms with E-state index >= 15 is 0 Å². The number of aromatic nitrogens is 3. The molecule has 1 aliphatic rings. The van der Waals surface area contributed by atoms with Gasteiger partial charge in [-0.15, -0.1) is 5.10 Å². The Morgan fingerprint density at radius 3 is 3.20 bits per heavy atom. The molecule has 4 N–H and O–H groups in total. The molecule has 15 heavy (non-hydrogen) atoms. The van der Waals surface area contributed by atoms with Crippen LogP contribution in [0, 0.1) is 5.92 Å². The number of anilines is 2. The molecule has 0 saturated carbocycles. The van der Waals surface area contributed by atoms with Gasteiger partial charge in [0.1, 0.15) is 0 Å². The first-order valence-electron chi connectivity index (χ1n) is 5.33. The quantitative estimate of drug-likeness (QED) is 0.679. The van der Waals surface area contributed by atoms with Crippen LogP contribution in [0.3, 0.4) is 0 Å². The molecule has 6 heteroatoms. The van der Waals surface area contributed by atoms with E-state index in [4.69, 9.17) is 10.5 Å². The highest BCUT2D eigenvalue weighted by molar-refractivity contribution is 5.29. The second-order valence-corrected chi connectivity index (χ2v) is 3.79. The van der Waals surface area contributed by atoms with Crippen LogP contribution in [0.1, 0.15) is 19.8 Å². The number of rotatable bonds is 4. The molecule has 2 unspecified atom stereocenters. The zero-order valence-electron chi connectivity index (χ0n) is 8.86. The van der Waals surface area contributed by atoms with E-state index in [2.05, 4.69) is 27.4 Å². The third-order valence-electron chi connectivity index (χ3n) is 2.77. The minimum absolute atomic E-state index is 0.340. The van der Waals surface area contributed by atoms with Gasteiger partial charge in [0.05, 0.1) is 6.10 Å². The summed E-state index contributed by atoms with van der Waals surface area (Å²) in [6, 6.07) is 0. The lowest BCUT2D eigenvalue weighted by molar-refractivity contribution is 0.0900. The van der Waals surface area contributed by atoms with E-state index in [0.717, 1.165) is 26.0 Å². The second-order valence-electron chi connectivity index (χ2n) is 3.79. The molecule has 0 aliphatic carbocycles. The molecule has 1 fully saturated rings. The number of ether oxygens (including phenoxy) is 1. The molecule has 6 nitrogen and oxygen atoms in total. The van der Waals surface area contributed by atoms with Gasteiger partial charge in [0, 0.05) is 19.1 Å². The summed E-state index contributed by atoms with van der Waals surface area (Å²) < 4.78 is 5.60. The van der Waals surface area contributed by atoms with Crippen LogP contribution in [-0.2, 0) is 4.74 Å². The van der Waals surface area contributed by atoms with Crippen LogP contribution in [0.5, 0.6) is 0 Å².